The fourth-order valence-corrected chi connectivity index (χ4v) is 2.21. The molecule has 1 amide bonds. The Balaban J connectivity index is 1.53. The Morgan fingerprint density at radius 3 is 2.58 bits per heavy atom. The van der Waals surface area contributed by atoms with Crippen molar-refractivity contribution in [3.05, 3.63) is 60.2 Å². The number of carbonyl (C=O) groups excluding carboxylic acids is 1. The molecule has 3 rings (SSSR count). The first-order valence-electron chi connectivity index (χ1n) is 8.04. The summed E-state index contributed by atoms with van der Waals surface area (Å²) in [6.45, 7) is -0.0588. The topological polar surface area (TPSA) is 88.3 Å². The fraction of sp³-hybridized carbons (Fsp3) is 0.167. The molecule has 1 heterocycles. The molecule has 0 aliphatic carbocycles. The molecule has 0 spiro atoms. The van der Waals surface area contributed by atoms with Crippen LogP contribution < -0.4 is 10.3 Å². The quantitative estimate of drug-likeness (QED) is 0.539. The Bertz CT molecular complexity index is 885. The summed E-state index contributed by atoms with van der Waals surface area (Å²) in [7, 11) is 3.95. The molecule has 0 bridgehead atoms. The van der Waals surface area contributed by atoms with Crippen molar-refractivity contribution in [2.24, 2.45) is 5.10 Å². The predicted molar refractivity (Wildman–Crippen MR) is 99.8 cm³/mol. The van der Waals surface area contributed by atoms with Crippen molar-refractivity contribution in [1.29, 1.82) is 0 Å². The summed E-state index contributed by atoms with van der Waals surface area (Å²) in [5.74, 6) is 0.144. The van der Waals surface area contributed by atoms with E-state index in [1.807, 2.05) is 73.6 Å². The maximum atomic E-state index is 11.9. The van der Waals surface area contributed by atoms with E-state index in [-0.39, 0.29) is 12.5 Å². The van der Waals surface area contributed by atoms with Gasteiger partial charge < -0.3 is 4.90 Å². The molecule has 0 unspecified atom stereocenters. The van der Waals surface area contributed by atoms with Gasteiger partial charge in [0.25, 0.3) is 5.91 Å². The van der Waals surface area contributed by atoms with Crippen LogP contribution in [-0.4, -0.2) is 46.4 Å². The molecule has 0 saturated heterocycles. The first-order chi connectivity index (χ1) is 12.6. The van der Waals surface area contributed by atoms with Gasteiger partial charge in [-0.2, -0.15) is 9.90 Å². The predicted octanol–water partition coefficient (Wildman–Crippen LogP) is 1.56. The molecule has 0 atom stereocenters. The summed E-state index contributed by atoms with van der Waals surface area (Å²) in [6, 6.07) is 17.3. The van der Waals surface area contributed by atoms with Gasteiger partial charge in [-0.15, -0.1) is 10.2 Å². The number of nitrogens with zero attached hydrogens (tertiary/aromatic N) is 6. The normalized spacial score (nSPS) is 10.8. The van der Waals surface area contributed by atoms with Crippen molar-refractivity contribution in [1.82, 2.24) is 25.6 Å². The highest BCUT2D eigenvalue weighted by atomic mass is 16.2. The number of hydrogen-bond donors (Lipinski definition) is 1. The minimum absolute atomic E-state index is 0.0588. The standard InChI is InChI=1S/C18H19N7O/c1-24(2)16-10-8-14(9-11-16)12-19-20-17(26)13-25-22-18(21-23-25)15-6-4-3-5-7-15/h3-12H,13H2,1-2H3,(H,20,26)/b19-12-. The second-order valence-corrected chi connectivity index (χ2v) is 5.79. The minimum atomic E-state index is -0.330. The highest BCUT2D eigenvalue weighted by molar-refractivity contribution is 5.82. The van der Waals surface area contributed by atoms with E-state index >= 15 is 0 Å². The number of carbonyl (C=O) groups is 1. The molecule has 0 saturated carbocycles. The summed E-state index contributed by atoms with van der Waals surface area (Å²) in [5.41, 5.74) is 5.29. The highest BCUT2D eigenvalue weighted by Crippen LogP contribution is 2.12. The molecule has 0 aliphatic heterocycles. The van der Waals surface area contributed by atoms with Crippen molar-refractivity contribution in [3.8, 4) is 11.4 Å². The maximum Gasteiger partial charge on any atom is 0.263 e. The monoisotopic (exact) mass is 349 g/mol. The van der Waals surface area contributed by atoms with Crippen molar-refractivity contribution < 1.29 is 4.79 Å². The first-order valence-corrected chi connectivity index (χ1v) is 8.04. The van der Waals surface area contributed by atoms with Gasteiger partial charge >= 0.3 is 0 Å². The number of amides is 1. The Kier molecular flexibility index (Phi) is 5.33. The van der Waals surface area contributed by atoms with Gasteiger partial charge in [-0.1, -0.05) is 42.5 Å². The summed E-state index contributed by atoms with van der Waals surface area (Å²) in [6.07, 6.45) is 1.58. The van der Waals surface area contributed by atoms with Crippen LogP contribution in [0.1, 0.15) is 5.56 Å². The molecule has 3 aromatic rings. The summed E-state index contributed by atoms with van der Waals surface area (Å²) < 4.78 is 0. The van der Waals surface area contributed by atoms with Gasteiger partial charge in [0.15, 0.2) is 0 Å². The second kappa shape index (κ2) is 8.02. The molecule has 1 N–H and O–H groups in total. The summed E-state index contributed by atoms with van der Waals surface area (Å²) >= 11 is 0. The van der Waals surface area contributed by atoms with Crippen LogP contribution in [-0.2, 0) is 11.3 Å². The maximum absolute atomic E-state index is 11.9. The zero-order valence-electron chi connectivity index (χ0n) is 14.6. The van der Waals surface area contributed by atoms with Crippen molar-refractivity contribution >= 4 is 17.8 Å². The van der Waals surface area contributed by atoms with Crippen molar-refractivity contribution in [2.45, 2.75) is 6.54 Å². The van der Waals surface area contributed by atoms with Gasteiger partial charge in [-0.05, 0) is 22.9 Å². The number of aromatic nitrogens is 4. The fourth-order valence-electron chi connectivity index (χ4n) is 2.21. The van der Waals surface area contributed by atoms with E-state index in [0.29, 0.717) is 5.82 Å². The summed E-state index contributed by atoms with van der Waals surface area (Å²) in [5, 5.41) is 16.0. The summed E-state index contributed by atoms with van der Waals surface area (Å²) in [4.78, 5) is 15.2. The first kappa shape index (κ1) is 17.3. The van der Waals surface area contributed by atoms with E-state index in [2.05, 4.69) is 25.9 Å². The van der Waals surface area contributed by atoms with Gasteiger partial charge in [0.05, 0.1) is 6.21 Å². The number of nitrogens with one attached hydrogen (secondary N) is 1. The number of hydrazone groups is 1. The van der Waals surface area contributed by atoms with Crippen LogP contribution in [0.4, 0.5) is 5.69 Å². The van der Waals surface area contributed by atoms with Crippen LogP contribution in [0.25, 0.3) is 11.4 Å². The van der Waals surface area contributed by atoms with Crippen molar-refractivity contribution in [2.75, 3.05) is 19.0 Å². The molecule has 0 radical (unpaired) electrons. The molecule has 0 fully saturated rings. The molecular formula is C18H19N7O. The van der Waals surface area contributed by atoms with E-state index in [9.17, 15) is 4.79 Å². The lowest BCUT2D eigenvalue weighted by Gasteiger charge is -2.11. The number of benzene rings is 2. The molecule has 1 aromatic heterocycles. The molecule has 26 heavy (non-hydrogen) atoms. The molecule has 8 nitrogen and oxygen atoms in total. The number of rotatable bonds is 6. The average Bonchev–Trinajstić information content (AvgIpc) is 3.11. The van der Waals surface area contributed by atoms with Crippen LogP contribution in [0.3, 0.4) is 0 Å². The van der Waals surface area contributed by atoms with Gasteiger partial charge in [0, 0.05) is 25.3 Å². The molecule has 0 aliphatic rings. The minimum Gasteiger partial charge on any atom is -0.378 e. The third kappa shape index (κ3) is 4.50. The third-order valence-electron chi connectivity index (χ3n) is 3.58. The van der Waals surface area contributed by atoms with E-state index in [1.165, 1.54) is 4.80 Å². The second-order valence-electron chi connectivity index (χ2n) is 5.79. The Labute approximate surface area is 151 Å². The lowest BCUT2D eigenvalue weighted by Crippen LogP contribution is -2.24. The number of anilines is 1. The van der Waals surface area contributed by atoms with Crippen LogP contribution in [0.15, 0.2) is 59.7 Å². The highest BCUT2D eigenvalue weighted by Gasteiger charge is 2.08. The largest absolute Gasteiger partial charge is 0.378 e. The van der Waals surface area contributed by atoms with E-state index < -0.39 is 0 Å². The molecule has 8 heteroatoms. The average molecular weight is 349 g/mol. The smallest absolute Gasteiger partial charge is 0.263 e. The Morgan fingerprint density at radius 2 is 1.88 bits per heavy atom. The van der Waals surface area contributed by atoms with E-state index in [0.717, 1.165) is 16.8 Å². The Morgan fingerprint density at radius 1 is 1.15 bits per heavy atom. The molecular weight excluding hydrogens is 330 g/mol. The molecule has 132 valence electrons. The van der Waals surface area contributed by atoms with Crippen LogP contribution >= 0.6 is 0 Å². The van der Waals surface area contributed by atoms with Crippen molar-refractivity contribution in [3.63, 3.8) is 0 Å². The van der Waals surface area contributed by atoms with Crippen LogP contribution in [0.2, 0.25) is 0 Å². The Hall–Kier alpha value is -3.55. The van der Waals surface area contributed by atoms with E-state index in [4.69, 9.17) is 0 Å². The lowest BCUT2D eigenvalue weighted by atomic mass is 10.2. The van der Waals surface area contributed by atoms with Gasteiger partial charge in [-0.25, -0.2) is 5.43 Å². The van der Waals surface area contributed by atoms with Gasteiger partial charge in [-0.3, -0.25) is 4.79 Å². The molecule has 2 aromatic carbocycles. The van der Waals surface area contributed by atoms with Crippen LogP contribution in [0.5, 0.6) is 0 Å². The zero-order chi connectivity index (χ0) is 18.4. The van der Waals surface area contributed by atoms with E-state index in [1.54, 1.807) is 6.21 Å². The van der Waals surface area contributed by atoms with Gasteiger partial charge in [0.1, 0.15) is 6.54 Å². The lowest BCUT2D eigenvalue weighted by molar-refractivity contribution is -0.122. The third-order valence-corrected chi connectivity index (χ3v) is 3.58. The SMILES string of the molecule is CN(C)c1ccc(/C=N\NC(=O)Cn2nnc(-c3ccccc3)n2)cc1. The van der Waals surface area contributed by atoms with Crippen LogP contribution in [0, 0.1) is 0 Å². The number of tetrazole rings is 1. The number of hydrogen-bond acceptors (Lipinski definition) is 6. The van der Waals surface area contributed by atoms with Gasteiger partial charge in [0.2, 0.25) is 5.82 Å². The zero-order valence-corrected chi connectivity index (χ0v) is 14.6.